The average molecular weight is 235 g/mol. The predicted molar refractivity (Wildman–Crippen MR) is 64.0 cm³/mol. The van der Waals surface area contributed by atoms with Crippen molar-refractivity contribution in [3.8, 4) is 0 Å². The number of hydrogen-bond donors (Lipinski definition) is 2. The van der Waals surface area contributed by atoms with Gasteiger partial charge >= 0.3 is 0 Å². The van der Waals surface area contributed by atoms with Crippen molar-refractivity contribution < 1.29 is 8.81 Å². The van der Waals surface area contributed by atoms with E-state index in [2.05, 4.69) is 10.3 Å². The van der Waals surface area contributed by atoms with E-state index in [0.717, 1.165) is 12.2 Å². The molecule has 90 valence electrons. The fourth-order valence-electron chi connectivity index (χ4n) is 1.45. The van der Waals surface area contributed by atoms with Crippen molar-refractivity contribution in [2.45, 2.75) is 19.9 Å². The molecule has 0 unspecified atom stereocenters. The van der Waals surface area contributed by atoms with E-state index in [-0.39, 0.29) is 5.82 Å². The topological polar surface area (TPSA) is 64.1 Å². The molecule has 0 saturated heterocycles. The summed E-state index contributed by atoms with van der Waals surface area (Å²) in [6.07, 6.45) is 2.49. The molecular formula is C12H14FN3O. The van der Waals surface area contributed by atoms with Gasteiger partial charge in [0.05, 0.1) is 24.1 Å². The van der Waals surface area contributed by atoms with Crippen LogP contribution in [0.15, 0.2) is 28.8 Å². The monoisotopic (exact) mass is 235 g/mol. The van der Waals surface area contributed by atoms with Crippen molar-refractivity contribution >= 4 is 11.4 Å². The second kappa shape index (κ2) is 4.86. The number of halogens is 1. The minimum atomic E-state index is -0.330. The second-order valence-corrected chi connectivity index (χ2v) is 3.66. The maximum atomic E-state index is 13.0. The van der Waals surface area contributed by atoms with Gasteiger partial charge in [-0.1, -0.05) is 6.92 Å². The number of rotatable bonds is 4. The zero-order valence-corrected chi connectivity index (χ0v) is 9.53. The van der Waals surface area contributed by atoms with Crippen LogP contribution < -0.4 is 11.1 Å². The highest BCUT2D eigenvalue weighted by molar-refractivity contribution is 5.65. The molecule has 0 aliphatic rings. The van der Waals surface area contributed by atoms with Gasteiger partial charge in [-0.15, -0.1) is 0 Å². The Morgan fingerprint density at radius 1 is 1.47 bits per heavy atom. The number of nitrogens with two attached hydrogens (primary N) is 1. The second-order valence-electron chi connectivity index (χ2n) is 3.66. The summed E-state index contributed by atoms with van der Waals surface area (Å²) >= 11 is 0. The van der Waals surface area contributed by atoms with Crippen molar-refractivity contribution in [1.82, 2.24) is 4.98 Å². The number of aromatic nitrogens is 1. The molecule has 1 heterocycles. The summed E-state index contributed by atoms with van der Waals surface area (Å²) in [7, 11) is 0. The third-order valence-corrected chi connectivity index (χ3v) is 2.40. The first-order valence-corrected chi connectivity index (χ1v) is 5.41. The molecule has 0 aliphatic heterocycles. The van der Waals surface area contributed by atoms with E-state index in [0.29, 0.717) is 23.8 Å². The summed E-state index contributed by atoms with van der Waals surface area (Å²) in [5.74, 6) is 1.06. The third kappa shape index (κ3) is 2.75. The van der Waals surface area contributed by atoms with Crippen molar-refractivity contribution in [1.29, 1.82) is 0 Å². The molecule has 3 N–H and O–H groups in total. The van der Waals surface area contributed by atoms with Gasteiger partial charge in [0.1, 0.15) is 11.6 Å². The molecule has 0 aliphatic carbocycles. The number of nitrogens with zero attached hydrogens (tertiary/aromatic N) is 1. The number of benzene rings is 1. The molecule has 0 fully saturated rings. The molecule has 0 bridgehead atoms. The zero-order valence-electron chi connectivity index (χ0n) is 9.53. The van der Waals surface area contributed by atoms with Gasteiger partial charge in [0.25, 0.3) is 0 Å². The highest BCUT2D eigenvalue weighted by Gasteiger charge is 2.04. The number of hydrogen-bond acceptors (Lipinski definition) is 4. The summed E-state index contributed by atoms with van der Waals surface area (Å²) in [5.41, 5.74) is 6.74. The first-order valence-electron chi connectivity index (χ1n) is 5.41. The number of nitrogens with one attached hydrogen (secondary N) is 1. The van der Waals surface area contributed by atoms with E-state index >= 15 is 0 Å². The fourth-order valence-corrected chi connectivity index (χ4v) is 1.45. The molecule has 4 nitrogen and oxygen atoms in total. The van der Waals surface area contributed by atoms with Crippen LogP contribution in [0, 0.1) is 5.82 Å². The van der Waals surface area contributed by atoms with Crippen molar-refractivity contribution in [2.24, 2.45) is 0 Å². The van der Waals surface area contributed by atoms with Gasteiger partial charge in [0.2, 0.25) is 5.89 Å². The zero-order chi connectivity index (χ0) is 12.3. The maximum absolute atomic E-state index is 13.0. The van der Waals surface area contributed by atoms with Gasteiger partial charge < -0.3 is 15.5 Å². The van der Waals surface area contributed by atoms with Crippen LogP contribution in [0.2, 0.25) is 0 Å². The van der Waals surface area contributed by atoms with Gasteiger partial charge in [-0.2, -0.15) is 0 Å². The Hall–Kier alpha value is -2.04. The van der Waals surface area contributed by atoms with E-state index in [1.807, 2.05) is 6.92 Å². The van der Waals surface area contributed by atoms with Crippen LogP contribution in [0.4, 0.5) is 15.8 Å². The van der Waals surface area contributed by atoms with Crippen LogP contribution in [0.5, 0.6) is 0 Å². The molecule has 0 spiro atoms. The predicted octanol–water partition coefficient (Wildman–Crippen LogP) is 2.57. The lowest BCUT2D eigenvalue weighted by Gasteiger charge is -2.07. The van der Waals surface area contributed by atoms with E-state index in [1.54, 1.807) is 6.20 Å². The lowest BCUT2D eigenvalue weighted by atomic mass is 10.2. The molecule has 0 amide bonds. The van der Waals surface area contributed by atoms with Crippen molar-refractivity contribution in [3.05, 3.63) is 41.9 Å². The summed E-state index contributed by atoms with van der Waals surface area (Å²) < 4.78 is 18.4. The first kappa shape index (κ1) is 11.4. The Morgan fingerprint density at radius 2 is 2.29 bits per heavy atom. The average Bonchev–Trinajstić information content (AvgIpc) is 2.78. The summed E-state index contributed by atoms with van der Waals surface area (Å²) in [6, 6.07) is 4.19. The molecule has 1 aromatic heterocycles. The molecule has 0 radical (unpaired) electrons. The Balaban J connectivity index is 2.04. The number of aryl methyl sites for hydroxylation is 1. The lowest BCUT2D eigenvalue weighted by Crippen LogP contribution is -2.03. The highest BCUT2D eigenvalue weighted by Crippen LogP contribution is 2.20. The van der Waals surface area contributed by atoms with Gasteiger partial charge in [-0.25, -0.2) is 9.37 Å². The van der Waals surface area contributed by atoms with Crippen LogP contribution >= 0.6 is 0 Å². The number of anilines is 2. The quantitative estimate of drug-likeness (QED) is 0.799. The molecule has 2 aromatic rings. The van der Waals surface area contributed by atoms with Crippen LogP contribution in [0.25, 0.3) is 0 Å². The summed E-state index contributed by atoms with van der Waals surface area (Å²) in [5, 5.41) is 2.99. The van der Waals surface area contributed by atoms with Gasteiger partial charge in [-0.05, 0) is 18.2 Å². The van der Waals surface area contributed by atoms with Crippen molar-refractivity contribution in [2.75, 3.05) is 11.1 Å². The largest absolute Gasteiger partial charge is 0.444 e. The molecule has 1 aromatic carbocycles. The lowest BCUT2D eigenvalue weighted by molar-refractivity contribution is 0.466. The SMILES string of the molecule is CCc1cnc(CNc2cc(F)ccc2N)o1. The third-order valence-electron chi connectivity index (χ3n) is 2.40. The van der Waals surface area contributed by atoms with E-state index in [1.165, 1.54) is 18.2 Å². The number of oxazole rings is 1. The van der Waals surface area contributed by atoms with Gasteiger partial charge in [0, 0.05) is 6.42 Å². The van der Waals surface area contributed by atoms with Crippen LogP contribution in [-0.2, 0) is 13.0 Å². The molecule has 0 saturated carbocycles. The molecule has 5 heteroatoms. The van der Waals surface area contributed by atoms with Gasteiger partial charge in [-0.3, -0.25) is 0 Å². The molecule has 0 atom stereocenters. The van der Waals surface area contributed by atoms with Crippen LogP contribution in [-0.4, -0.2) is 4.98 Å². The minimum absolute atomic E-state index is 0.330. The first-order chi connectivity index (χ1) is 8.19. The summed E-state index contributed by atoms with van der Waals surface area (Å²) in [6.45, 7) is 2.37. The Morgan fingerprint density at radius 3 is 3.00 bits per heavy atom. The smallest absolute Gasteiger partial charge is 0.213 e. The molecular weight excluding hydrogens is 221 g/mol. The Bertz CT molecular complexity index is 510. The fraction of sp³-hybridized carbons (Fsp3) is 0.250. The normalized spacial score (nSPS) is 10.5. The standard InChI is InChI=1S/C12H14FN3O/c1-2-9-6-16-12(17-9)7-15-11-5-8(13)3-4-10(11)14/h3-6,15H,2,7,14H2,1H3. The molecule has 17 heavy (non-hydrogen) atoms. The summed E-state index contributed by atoms with van der Waals surface area (Å²) in [4.78, 5) is 4.09. The van der Waals surface area contributed by atoms with E-state index in [4.69, 9.17) is 10.2 Å². The Labute approximate surface area is 98.7 Å². The molecule has 2 rings (SSSR count). The van der Waals surface area contributed by atoms with Gasteiger partial charge in [0.15, 0.2) is 0 Å². The van der Waals surface area contributed by atoms with Crippen LogP contribution in [0.3, 0.4) is 0 Å². The van der Waals surface area contributed by atoms with Crippen LogP contribution in [0.1, 0.15) is 18.6 Å². The van der Waals surface area contributed by atoms with Crippen molar-refractivity contribution in [3.63, 3.8) is 0 Å². The van der Waals surface area contributed by atoms with E-state index in [9.17, 15) is 4.39 Å². The van der Waals surface area contributed by atoms with E-state index < -0.39 is 0 Å². The maximum Gasteiger partial charge on any atom is 0.213 e. The number of nitrogen functional groups attached to an aromatic ring is 1. The Kier molecular flexibility index (Phi) is 3.27. The highest BCUT2D eigenvalue weighted by atomic mass is 19.1. The minimum Gasteiger partial charge on any atom is -0.444 e.